The molecule has 2 rings (SSSR count). The lowest BCUT2D eigenvalue weighted by Crippen LogP contribution is -2.25. The quantitative estimate of drug-likeness (QED) is 0.807. The molecule has 1 atom stereocenters. The van der Waals surface area contributed by atoms with Gasteiger partial charge in [-0.15, -0.1) is 0 Å². The Labute approximate surface area is 110 Å². The van der Waals surface area contributed by atoms with Crippen molar-refractivity contribution in [3.63, 3.8) is 0 Å². The van der Waals surface area contributed by atoms with Crippen LogP contribution >= 0.6 is 18.9 Å². The van der Waals surface area contributed by atoms with Gasteiger partial charge in [0.1, 0.15) is 0 Å². The van der Waals surface area contributed by atoms with E-state index in [1.807, 2.05) is 41.1 Å². The zero-order valence-corrected chi connectivity index (χ0v) is 11.6. The van der Waals surface area contributed by atoms with Gasteiger partial charge < -0.3 is 14.4 Å². The van der Waals surface area contributed by atoms with Gasteiger partial charge in [-0.05, 0) is 45.6 Å². The highest BCUT2D eigenvalue weighted by Crippen LogP contribution is 2.33. The molecule has 0 aliphatic carbocycles. The summed E-state index contributed by atoms with van der Waals surface area (Å²) in [7, 11) is -4.50. The minimum Gasteiger partial charge on any atom is -0.811 e. The molecule has 5 heteroatoms. The standard InChI is InChI=1S/C13H15O3PS/c1-10(17(14,15)16)7-11-3-2-4-12(8-11)13-5-6-18-9-13/h2-6,8-10H,7H2,1H3,(H2,14,15,16)/p-2. The van der Waals surface area contributed by atoms with Crippen molar-refractivity contribution in [3.8, 4) is 11.1 Å². The van der Waals surface area contributed by atoms with E-state index in [9.17, 15) is 14.4 Å². The SMILES string of the molecule is CC(Cc1cccc(-c2ccsc2)c1)P(=O)([O-])[O-]. The van der Waals surface area contributed by atoms with Gasteiger partial charge in [0.25, 0.3) is 0 Å². The minimum atomic E-state index is -4.50. The minimum absolute atomic E-state index is 0.266. The lowest BCUT2D eigenvalue weighted by molar-refractivity contribution is -0.316. The van der Waals surface area contributed by atoms with Gasteiger partial charge in [0, 0.05) is 0 Å². The van der Waals surface area contributed by atoms with Crippen LogP contribution in [0.2, 0.25) is 0 Å². The molecule has 1 heterocycles. The van der Waals surface area contributed by atoms with Gasteiger partial charge in [-0.25, -0.2) is 0 Å². The summed E-state index contributed by atoms with van der Waals surface area (Å²) >= 11 is 1.61. The van der Waals surface area contributed by atoms with Gasteiger partial charge in [0.15, 0.2) is 0 Å². The molecule has 96 valence electrons. The molecule has 0 fully saturated rings. The molecule has 18 heavy (non-hydrogen) atoms. The van der Waals surface area contributed by atoms with Crippen molar-refractivity contribution in [2.75, 3.05) is 0 Å². The van der Waals surface area contributed by atoms with Crippen LogP contribution < -0.4 is 9.79 Å². The second-order valence-electron chi connectivity index (χ2n) is 4.31. The molecule has 0 bridgehead atoms. The number of rotatable bonds is 4. The Morgan fingerprint density at radius 2 is 2.06 bits per heavy atom. The average molecular weight is 280 g/mol. The Kier molecular flexibility index (Phi) is 4.03. The predicted molar refractivity (Wildman–Crippen MR) is 70.5 cm³/mol. The molecule has 0 saturated heterocycles. The van der Waals surface area contributed by atoms with E-state index in [1.54, 1.807) is 11.3 Å². The van der Waals surface area contributed by atoms with Crippen LogP contribution in [0.15, 0.2) is 41.1 Å². The van der Waals surface area contributed by atoms with Gasteiger partial charge in [-0.2, -0.15) is 11.3 Å². The summed E-state index contributed by atoms with van der Waals surface area (Å²) in [6.45, 7) is 1.46. The van der Waals surface area contributed by atoms with Crippen molar-refractivity contribution < 1.29 is 14.4 Å². The van der Waals surface area contributed by atoms with E-state index in [-0.39, 0.29) is 6.42 Å². The van der Waals surface area contributed by atoms with Crippen LogP contribution in [0.1, 0.15) is 12.5 Å². The van der Waals surface area contributed by atoms with Crippen molar-refractivity contribution in [2.45, 2.75) is 19.0 Å². The van der Waals surface area contributed by atoms with Gasteiger partial charge in [-0.1, -0.05) is 38.8 Å². The highest BCUT2D eigenvalue weighted by molar-refractivity contribution is 7.49. The summed E-state index contributed by atoms with van der Waals surface area (Å²) in [5, 5.41) is 4.03. The summed E-state index contributed by atoms with van der Waals surface area (Å²) < 4.78 is 10.9. The molecule has 0 radical (unpaired) electrons. The van der Waals surface area contributed by atoms with Crippen LogP contribution in [0.4, 0.5) is 0 Å². The highest BCUT2D eigenvalue weighted by Gasteiger charge is 2.08. The maximum absolute atomic E-state index is 10.9. The molecular formula is C13H13O3PS-2. The highest BCUT2D eigenvalue weighted by atomic mass is 32.1. The van der Waals surface area contributed by atoms with E-state index in [0.29, 0.717) is 0 Å². The second kappa shape index (κ2) is 5.37. The third-order valence-corrected chi connectivity index (χ3v) is 4.80. The number of benzene rings is 1. The van der Waals surface area contributed by atoms with E-state index in [1.165, 1.54) is 6.92 Å². The monoisotopic (exact) mass is 280 g/mol. The first-order valence-corrected chi connectivity index (χ1v) is 8.15. The first kappa shape index (κ1) is 13.5. The molecule has 0 spiro atoms. The van der Waals surface area contributed by atoms with Crippen LogP contribution in [-0.4, -0.2) is 5.66 Å². The molecule has 0 aliphatic rings. The molecule has 0 amide bonds. The Balaban J connectivity index is 2.21. The summed E-state index contributed by atoms with van der Waals surface area (Å²) in [5.74, 6) is 0. The Hall–Kier alpha value is -0.930. The van der Waals surface area contributed by atoms with Gasteiger partial charge in [0.05, 0.1) is 0 Å². The van der Waals surface area contributed by atoms with Crippen LogP contribution in [0.25, 0.3) is 11.1 Å². The largest absolute Gasteiger partial charge is 0.811 e. The zero-order chi connectivity index (χ0) is 13.2. The van der Waals surface area contributed by atoms with E-state index in [4.69, 9.17) is 0 Å². The zero-order valence-electron chi connectivity index (χ0n) is 9.91. The molecule has 1 unspecified atom stereocenters. The lowest BCUT2D eigenvalue weighted by Gasteiger charge is -2.36. The van der Waals surface area contributed by atoms with Crippen LogP contribution in [0.3, 0.4) is 0 Å². The second-order valence-corrected chi connectivity index (χ2v) is 7.05. The Morgan fingerprint density at radius 3 is 2.67 bits per heavy atom. The smallest absolute Gasteiger partial charge is 0.00147 e. The van der Waals surface area contributed by atoms with Crippen molar-refractivity contribution >= 4 is 18.9 Å². The normalized spacial score (nSPS) is 13.5. The fourth-order valence-corrected chi connectivity index (χ4v) is 2.86. The number of hydrogen-bond acceptors (Lipinski definition) is 4. The van der Waals surface area contributed by atoms with E-state index in [2.05, 4.69) is 0 Å². The van der Waals surface area contributed by atoms with Crippen molar-refractivity contribution in [1.82, 2.24) is 0 Å². The van der Waals surface area contributed by atoms with Gasteiger partial charge >= 0.3 is 0 Å². The topological polar surface area (TPSA) is 63.2 Å². The molecule has 0 aliphatic heterocycles. The van der Waals surface area contributed by atoms with Crippen LogP contribution in [0, 0.1) is 0 Å². The van der Waals surface area contributed by atoms with E-state index >= 15 is 0 Å². The van der Waals surface area contributed by atoms with Crippen molar-refractivity contribution in [2.24, 2.45) is 0 Å². The van der Waals surface area contributed by atoms with E-state index < -0.39 is 13.3 Å². The van der Waals surface area contributed by atoms with Crippen LogP contribution in [0.5, 0.6) is 0 Å². The molecular weight excluding hydrogens is 267 g/mol. The first-order valence-electron chi connectivity index (χ1n) is 5.60. The maximum atomic E-state index is 10.9. The van der Waals surface area contributed by atoms with Crippen LogP contribution in [-0.2, 0) is 11.0 Å². The fourth-order valence-electron chi connectivity index (χ4n) is 1.76. The fraction of sp³-hybridized carbons (Fsp3) is 0.231. The van der Waals surface area contributed by atoms with Crippen molar-refractivity contribution in [3.05, 3.63) is 46.7 Å². The molecule has 0 N–H and O–H groups in total. The summed E-state index contributed by atoms with van der Waals surface area (Å²) in [4.78, 5) is 21.8. The van der Waals surface area contributed by atoms with Gasteiger partial charge in [-0.3, -0.25) is 0 Å². The third kappa shape index (κ3) is 3.30. The molecule has 1 aromatic heterocycles. The first-order chi connectivity index (χ1) is 8.47. The van der Waals surface area contributed by atoms with Gasteiger partial charge in [0.2, 0.25) is 0 Å². The molecule has 1 aromatic carbocycles. The van der Waals surface area contributed by atoms with Crippen molar-refractivity contribution in [1.29, 1.82) is 0 Å². The maximum Gasteiger partial charge on any atom is -0.00147 e. The summed E-state index contributed by atoms with van der Waals surface area (Å²) in [6.07, 6.45) is 0.266. The third-order valence-electron chi connectivity index (χ3n) is 2.85. The predicted octanol–water partition coefficient (Wildman–Crippen LogP) is 2.26. The molecule has 2 aromatic rings. The number of hydrogen-bond donors (Lipinski definition) is 0. The Bertz CT molecular complexity index is 559. The lowest BCUT2D eigenvalue weighted by atomic mass is 10.0. The summed E-state index contributed by atoms with van der Waals surface area (Å²) in [6, 6.07) is 9.66. The number of thiophene rings is 1. The average Bonchev–Trinajstić information content (AvgIpc) is 2.81. The Morgan fingerprint density at radius 1 is 1.28 bits per heavy atom. The molecule has 0 saturated carbocycles. The molecule has 3 nitrogen and oxygen atoms in total. The summed E-state index contributed by atoms with van der Waals surface area (Å²) in [5.41, 5.74) is 2.17. The van der Waals surface area contributed by atoms with E-state index in [0.717, 1.165) is 16.7 Å².